The van der Waals surface area contributed by atoms with Gasteiger partial charge in [0.15, 0.2) is 22.4 Å². The van der Waals surface area contributed by atoms with Gasteiger partial charge in [0.25, 0.3) is 0 Å². The van der Waals surface area contributed by atoms with E-state index in [1.807, 2.05) is 18.3 Å². The maximum absolute atomic E-state index is 13.5. The SMILES string of the molecule is COc1cc(C(=O)CSc2nc3c(CC(C)C)c(CC(C)C)ccc3n2CCCN(C)CCc2ccccn2)cc(OC)c1OC. The Kier molecular flexibility index (Phi) is 12.9. The van der Waals surface area contributed by atoms with Gasteiger partial charge in [0.1, 0.15) is 0 Å². The average Bonchev–Trinajstić information content (AvgIpc) is 3.40. The number of aryl methyl sites for hydroxylation is 1. The van der Waals surface area contributed by atoms with Crippen LogP contribution < -0.4 is 14.2 Å². The van der Waals surface area contributed by atoms with Gasteiger partial charge in [-0.15, -0.1) is 0 Å². The Balaban J connectivity index is 1.60. The van der Waals surface area contributed by atoms with Gasteiger partial charge in [0, 0.05) is 37.0 Å². The summed E-state index contributed by atoms with van der Waals surface area (Å²) in [5, 5.41) is 0.874. The molecular weight excluding hydrogens is 596 g/mol. The number of rotatable bonds is 18. The molecule has 46 heavy (non-hydrogen) atoms. The predicted octanol–water partition coefficient (Wildman–Crippen LogP) is 7.39. The molecule has 4 rings (SSSR count). The van der Waals surface area contributed by atoms with Crippen molar-refractivity contribution < 1.29 is 19.0 Å². The third kappa shape index (κ3) is 9.04. The molecule has 2 aromatic heterocycles. The lowest BCUT2D eigenvalue weighted by Gasteiger charge is -2.18. The number of aromatic nitrogens is 3. The highest BCUT2D eigenvalue weighted by molar-refractivity contribution is 7.99. The minimum absolute atomic E-state index is 0.0278. The smallest absolute Gasteiger partial charge is 0.203 e. The van der Waals surface area contributed by atoms with Crippen molar-refractivity contribution >= 4 is 28.6 Å². The number of likely N-dealkylation sites (N-methyl/N-ethyl adjacent to an activating group) is 1. The van der Waals surface area contributed by atoms with Gasteiger partial charge < -0.3 is 23.7 Å². The Morgan fingerprint density at radius 2 is 1.65 bits per heavy atom. The molecule has 0 aliphatic rings. The van der Waals surface area contributed by atoms with E-state index in [0.29, 0.717) is 34.6 Å². The molecule has 4 aromatic rings. The zero-order valence-electron chi connectivity index (χ0n) is 28.8. The van der Waals surface area contributed by atoms with Crippen molar-refractivity contribution in [3.63, 3.8) is 0 Å². The fraction of sp³-hybridized carbons (Fsp3) is 0.486. The first-order valence-corrected chi connectivity index (χ1v) is 17.2. The number of thioether (sulfide) groups is 1. The van der Waals surface area contributed by atoms with Gasteiger partial charge in [-0.1, -0.05) is 51.6 Å². The molecule has 2 heterocycles. The zero-order valence-corrected chi connectivity index (χ0v) is 29.6. The van der Waals surface area contributed by atoms with Gasteiger partial charge in [0.2, 0.25) is 5.75 Å². The third-order valence-electron chi connectivity index (χ3n) is 8.04. The first-order chi connectivity index (χ1) is 22.1. The predicted molar refractivity (Wildman–Crippen MR) is 188 cm³/mol. The van der Waals surface area contributed by atoms with Crippen LogP contribution in [0.2, 0.25) is 0 Å². The maximum atomic E-state index is 13.5. The van der Waals surface area contributed by atoms with E-state index in [1.54, 1.807) is 33.5 Å². The second-order valence-corrected chi connectivity index (χ2v) is 13.6. The van der Waals surface area contributed by atoms with Crippen molar-refractivity contribution in [2.45, 2.75) is 65.1 Å². The first kappa shape index (κ1) is 35.3. The second kappa shape index (κ2) is 16.8. The molecule has 0 aliphatic carbocycles. The van der Waals surface area contributed by atoms with Crippen molar-refractivity contribution in [1.82, 2.24) is 19.4 Å². The van der Waals surface area contributed by atoms with Crippen LogP contribution in [0.1, 0.15) is 61.3 Å². The topological polar surface area (TPSA) is 78.7 Å². The molecule has 0 N–H and O–H groups in total. The number of imidazole rings is 1. The number of ketones is 1. The summed E-state index contributed by atoms with van der Waals surface area (Å²) in [6.07, 6.45) is 5.73. The van der Waals surface area contributed by atoms with Crippen LogP contribution in [0.3, 0.4) is 0 Å². The number of ether oxygens (including phenoxy) is 3. The van der Waals surface area contributed by atoms with Crippen LogP contribution in [0.5, 0.6) is 17.2 Å². The molecule has 0 radical (unpaired) electrons. The molecule has 0 aliphatic heterocycles. The Hall–Kier alpha value is -3.56. The number of carbonyl (C=O) groups is 1. The largest absolute Gasteiger partial charge is 0.493 e. The maximum Gasteiger partial charge on any atom is 0.203 e. The molecule has 0 saturated carbocycles. The second-order valence-electron chi connectivity index (χ2n) is 12.7. The molecule has 2 aromatic carbocycles. The lowest BCUT2D eigenvalue weighted by Crippen LogP contribution is -2.23. The van der Waals surface area contributed by atoms with Crippen LogP contribution in [0.4, 0.5) is 0 Å². The lowest BCUT2D eigenvalue weighted by molar-refractivity contribution is 0.102. The standard InChI is InChI=1S/C37H50N4O4S/c1-25(2)20-27-13-14-31-35(30(27)21-26(3)4)39-37(41(31)18-11-17-40(5)19-15-29-12-9-10-16-38-29)46-24-32(42)28-22-33(43-6)36(45-8)34(23-28)44-7/h9-10,12-14,16,22-23,25-26H,11,15,17-21,24H2,1-8H3. The number of nitrogens with zero attached hydrogens (tertiary/aromatic N) is 4. The van der Waals surface area contributed by atoms with Gasteiger partial charge in [-0.25, -0.2) is 4.98 Å². The van der Waals surface area contributed by atoms with E-state index >= 15 is 0 Å². The van der Waals surface area contributed by atoms with Crippen LogP contribution >= 0.6 is 11.8 Å². The Labute approximate surface area is 278 Å². The minimum Gasteiger partial charge on any atom is -0.493 e. The van der Waals surface area contributed by atoms with Gasteiger partial charge in [-0.3, -0.25) is 9.78 Å². The summed E-state index contributed by atoms with van der Waals surface area (Å²) < 4.78 is 18.8. The molecule has 0 unspecified atom stereocenters. The van der Waals surface area contributed by atoms with Crippen LogP contribution in [0.25, 0.3) is 11.0 Å². The lowest BCUT2D eigenvalue weighted by atomic mass is 9.92. The number of benzene rings is 2. The van der Waals surface area contributed by atoms with E-state index in [0.717, 1.165) is 67.2 Å². The third-order valence-corrected chi connectivity index (χ3v) is 9.02. The molecule has 0 saturated heterocycles. The van der Waals surface area contributed by atoms with E-state index in [1.165, 1.54) is 22.9 Å². The van der Waals surface area contributed by atoms with E-state index in [9.17, 15) is 4.79 Å². The summed E-state index contributed by atoms with van der Waals surface area (Å²) in [6.45, 7) is 11.8. The summed E-state index contributed by atoms with van der Waals surface area (Å²) in [5.41, 5.74) is 6.55. The molecule has 0 fully saturated rings. The van der Waals surface area contributed by atoms with Crippen molar-refractivity contribution in [2.24, 2.45) is 11.8 Å². The van der Waals surface area contributed by atoms with Crippen molar-refractivity contribution in [3.8, 4) is 17.2 Å². The molecule has 9 heteroatoms. The summed E-state index contributed by atoms with van der Waals surface area (Å²) in [6, 6.07) is 14.0. The van der Waals surface area contributed by atoms with E-state index in [-0.39, 0.29) is 11.5 Å². The fourth-order valence-electron chi connectivity index (χ4n) is 5.78. The Bertz CT molecular complexity index is 1560. The highest BCUT2D eigenvalue weighted by atomic mass is 32.2. The molecule has 0 bridgehead atoms. The number of hydrogen-bond donors (Lipinski definition) is 0. The van der Waals surface area contributed by atoms with E-state index in [2.05, 4.69) is 67.4 Å². The van der Waals surface area contributed by atoms with Gasteiger partial charge in [-0.05, 0) is 86.1 Å². The number of methoxy groups -OCH3 is 3. The zero-order chi connectivity index (χ0) is 33.2. The summed E-state index contributed by atoms with van der Waals surface area (Å²) >= 11 is 1.49. The highest BCUT2D eigenvalue weighted by Crippen LogP contribution is 2.39. The van der Waals surface area contributed by atoms with Gasteiger partial charge in [0.05, 0.1) is 38.1 Å². The quantitative estimate of drug-likeness (QED) is 0.0818. The Morgan fingerprint density at radius 3 is 2.26 bits per heavy atom. The molecule has 248 valence electrons. The van der Waals surface area contributed by atoms with Crippen LogP contribution in [0.15, 0.2) is 53.8 Å². The average molecular weight is 647 g/mol. The molecule has 0 spiro atoms. The summed E-state index contributed by atoms with van der Waals surface area (Å²) in [5.74, 6) is 2.67. The number of hydrogen-bond acceptors (Lipinski definition) is 8. The summed E-state index contributed by atoms with van der Waals surface area (Å²) in [4.78, 5) is 25.6. The van der Waals surface area contributed by atoms with Gasteiger partial charge >= 0.3 is 0 Å². The number of carbonyl (C=O) groups excluding carboxylic acids is 1. The van der Waals surface area contributed by atoms with E-state index in [4.69, 9.17) is 19.2 Å². The van der Waals surface area contributed by atoms with Crippen LogP contribution in [0, 0.1) is 11.8 Å². The highest BCUT2D eigenvalue weighted by Gasteiger charge is 2.21. The normalized spacial score (nSPS) is 11.6. The molecule has 0 atom stereocenters. The minimum atomic E-state index is -0.0278. The van der Waals surface area contributed by atoms with Crippen molar-refractivity contribution in [2.75, 3.05) is 47.2 Å². The monoisotopic (exact) mass is 646 g/mol. The fourth-order valence-corrected chi connectivity index (χ4v) is 6.71. The Morgan fingerprint density at radius 1 is 0.935 bits per heavy atom. The first-order valence-electron chi connectivity index (χ1n) is 16.2. The van der Waals surface area contributed by atoms with Crippen LogP contribution in [-0.4, -0.2) is 72.4 Å². The van der Waals surface area contributed by atoms with E-state index < -0.39 is 0 Å². The van der Waals surface area contributed by atoms with Crippen molar-refractivity contribution in [3.05, 3.63) is 71.0 Å². The summed E-state index contributed by atoms with van der Waals surface area (Å²) in [7, 11) is 6.84. The molecular formula is C37H50N4O4S. The van der Waals surface area contributed by atoms with Gasteiger partial charge in [-0.2, -0.15) is 0 Å². The molecule has 8 nitrogen and oxygen atoms in total. The number of Topliss-reactive ketones (excluding diaryl/α,β-unsaturated/α-hetero) is 1. The van der Waals surface area contributed by atoms with Crippen molar-refractivity contribution in [1.29, 1.82) is 0 Å². The number of pyridine rings is 1. The number of fused-ring (bicyclic) bond motifs is 1. The molecule has 0 amide bonds. The van der Waals surface area contributed by atoms with Crippen LogP contribution in [-0.2, 0) is 25.8 Å².